The van der Waals surface area contributed by atoms with Gasteiger partial charge in [0.2, 0.25) is 10.0 Å². The summed E-state index contributed by atoms with van der Waals surface area (Å²) in [5.41, 5.74) is 0.146. The van der Waals surface area contributed by atoms with Crippen molar-refractivity contribution in [3.05, 3.63) is 59.7 Å². The first kappa shape index (κ1) is 20.4. The molecule has 1 heterocycles. The number of halogens is 2. The fourth-order valence-electron chi connectivity index (χ4n) is 3.05. The fourth-order valence-corrected chi connectivity index (χ4v) is 4.69. The van der Waals surface area contributed by atoms with Gasteiger partial charge >= 0.3 is 0 Å². The Morgan fingerprint density at radius 1 is 1.07 bits per heavy atom. The van der Waals surface area contributed by atoms with E-state index in [4.69, 9.17) is 4.74 Å². The zero-order valence-electron chi connectivity index (χ0n) is 15.4. The lowest BCUT2D eigenvalue weighted by Crippen LogP contribution is -2.48. The van der Waals surface area contributed by atoms with Crippen molar-refractivity contribution in [2.45, 2.75) is 31.0 Å². The average molecular weight is 410 g/mol. The lowest BCUT2D eigenvalue weighted by Gasteiger charge is -2.34. The van der Waals surface area contributed by atoms with Gasteiger partial charge in [0.1, 0.15) is 0 Å². The largest absolute Gasteiger partial charge is 0.373 e. The van der Waals surface area contributed by atoms with Gasteiger partial charge in [0.05, 0.1) is 17.1 Å². The molecule has 1 amide bonds. The van der Waals surface area contributed by atoms with Crippen molar-refractivity contribution in [2.24, 2.45) is 0 Å². The molecule has 6 nitrogen and oxygen atoms in total. The van der Waals surface area contributed by atoms with Gasteiger partial charge in [-0.25, -0.2) is 17.2 Å². The summed E-state index contributed by atoms with van der Waals surface area (Å²) in [5.74, 6) is -2.75. The van der Waals surface area contributed by atoms with Crippen molar-refractivity contribution in [1.29, 1.82) is 0 Å². The Morgan fingerprint density at radius 2 is 1.75 bits per heavy atom. The Kier molecular flexibility index (Phi) is 5.78. The van der Waals surface area contributed by atoms with Crippen LogP contribution in [0.1, 0.15) is 24.2 Å². The van der Waals surface area contributed by atoms with Crippen molar-refractivity contribution >= 4 is 21.6 Å². The maximum absolute atomic E-state index is 13.3. The van der Waals surface area contributed by atoms with Gasteiger partial charge in [-0.1, -0.05) is 6.07 Å². The Hall–Kier alpha value is -2.36. The number of hydrogen-bond acceptors (Lipinski definition) is 4. The van der Waals surface area contributed by atoms with Crippen LogP contribution in [0.4, 0.5) is 14.5 Å². The van der Waals surface area contributed by atoms with E-state index in [9.17, 15) is 22.0 Å². The Morgan fingerprint density at radius 3 is 2.39 bits per heavy atom. The Balaban J connectivity index is 1.83. The number of rotatable bonds is 4. The van der Waals surface area contributed by atoms with Gasteiger partial charge < -0.3 is 10.1 Å². The third kappa shape index (κ3) is 4.37. The van der Waals surface area contributed by atoms with E-state index >= 15 is 0 Å². The molecule has 0 bridgehead atoms. The number of benzene rings is 2. The first-order valence-corrected chi connectivity index (χ1v) is 10.1. The predicted octanol–water partition coefficient (Wildman–Crippen LogP) is 3.02. The number of carbonyl (C=O) groups excluding carboxylic acids is 1. The van der Waals surface area contributed by atoms with Crippen molar-refractivity contribution < 1.29 is 26.7 Å². The van der Waals surface area contributed by atoms with Crippen LogP contribution < -0.4 is 5.32 Å². The fraction of sp³-hybridized carbons (Fsp3) is 0.316. The van der Waals surface area contributed by atoms with E-state index in [1.54, 1.807) is 13.8 Å². The van der Waals surface area contributed by atoms with Crippen molar-refractivity contribution in [3.8, 4) is 0 Å². The Labute approximate surface area is 162 Å². The SMILES string of the molecule is C[C@@H]1CN(S(=O)(=O)c2cccc(C(=O)Nc3ccc(F)c(F)c3)c2)C[C@H](C)O1. The van der Waals surface area contributed by atoms with Crippen LogP contribution in [0.2, 0.25) is 0 Å². The summed E-state index contributed by atoms with van der Waals surface area (Å²) in [4.78, 5) is 12.4. The van der Waals surface area contributed by atoms with Gasteiger partial charge in [-0.2, -0.15) is 4.31 Å². The van der Waals surface area contributed by atoms with Crippen LogP contribution in [0.25, 0.3) is 0 Å². The van der Waals surface area contributed by atoms with Crippen molar-refractivity contribution in [3.63, 3.8) is 0 Å². The lowest BCUT2D eigenvalue weighted by atomic mass is 10.2. The third-order valence-electron chi connectivity index (χ3n) is 4.30. The zero-order valence-corrected chi connectivity index (χ0v) is 16.2. The smallest absolute Gasteiger partial charge is 0.255 e. The molecule has 9 heteroatoms. The zero-order chi connectivity index (χ0) is 20.5. The highest BCUT2D eigenvalue weighted by molar-refractivity contribution is 7.89. The van der Waals surface area contributed by atoms with E-state index in [0.717, 1.165) is 12.1 Å². The van der Waals surface area contributed by atoms with Crippen LogP contribution in [0.15, 0.2) is 47.4 Å². The quantitative estimate of drug-likeness (QED) is 0.841. The summed E-state index contributed by atoms with van der Waals surface area (Å²) < 4.78 is 59.1. The van der Waals surface area contributed by atoms with Gasteiger partial charge in [0.15, 0.2) is 11.6 Å². The summed E-state index contributed by atoms with van der Waals surface area (Å²) in [7, 11) is -3.81. The number of nitrogens with one attached hydrogen (secondary N) is 1. The summed E-state index contributed by atoms with van der Waals surface area (Å²) in [6.45, 7) is 4.03. The summed E-state index contributed by atoms with van der Waals surface area (Å²) in [6, 6.07) is 8.54. The van der Waals surface area contributed by atoms with Gasteiger partial charge in [0.25, 0.3) is 5.91 Å². The third-order valence-corrected chi connectivity index (χ3v) is 6.13. The number of carbonyl (C=O) groups is 1. The number of ether oxygens (including phenoxy) is 1. The number of nitrogens with zero attached hydrogens (tertiary/aromatic N) is 1. The number of sulfonamides is 1. The molecule has 1 aliphatic rings. The van der Waals surface area contributed by atoms with Crippen LogP contribution in [-0.4, -0.2) is 43.9 Å². The first-order chi connectivity index (χ1) is 13.2. The van der Waals surface area contributed by atoms with Crippen molar-refractivity contribution in [2.75, 3.05) is 18.4 Å². The molecule has 0 spiro atoms. The van der Waals surface area contributed by atoms with E-state index in [1.807, 2.05) is 0 Å². The highest BCUT2D eigenvalue weighted by Gasteiger charge is 2.32. The Bertz CT molecular complexity index is 987. The summed E-state index contributed by atoms with van der Waals surface area (Å²) in [5, 5.41) is 2.42. The van der Waals surface area contributed by atoms with Gasteiger partial charge in [0, 0.05) is 30.4 Å². The highest BCUT2D eigenvalue weighted by Crippen LogP contribution is 2.22. The minimum absolute atomic E-state index is 0.0215. The minimum Gasteiger partial charge on any atom is -0.373 e. The van der Waals surface area contributed by atoms with E-state index in [1.165, 1.54) is 34.6 Å². The van der Waals surface area contributed by atoms with Crippen LogP contribution in [-0.2, 0) is 14.8 Å². The second-order valence-corrected chi connectivity index (χ2v) is 8.63. The average Bonchev–Trinajstić information content (AvgIpc) is 2.64. The second-order valence-electron chi connectivity index (χ2n) is 6.69. The molecule has 0 aromatic heterocycles. The summed E-state index contributed by atoms with van der Waals surface area (Å²) >= 11 is 0. The molecule has 28 heavy (non-hydrogen) atoms. The molecule has 2 aromatic rings. The molecule has 0 aliphatic carbocycles. The van der Waals surface area contributed by atoms with Crippen LogP contribution in [0, 0.1) is 11.6 Å². The van der Waals surface area contributed by atoms with E-state index in [2.05, 4.69) is 5.32 Å². The van der Waals surface area contributed by atoms with Gasteiger partial charge in [-0.3, -0.25) is 4.79 Å². The molecule has 1 saturated heterocycles. The lowest BCUT2D eigenvalue weighted by molar-refractivity contribution is -0.0440. The molecular weight excluding hydrogens is 390 g/mol. The second kappa shape index (κ2) is 7.94. The van der Waals surface area contributed by atoms with Gasteiger partial charge in [-0.05, 0) is 44.2 Å². The van der Waals surface area contributed by atoms with Gasteiger partial charge in [-0.15, -0.1) is 0 Å². The first-order valence-electron chi connectivity index (χ1n) is 8.69. The molecule has 150 valence electrons. The highest BCUT2D eigenvalue weighted by atomic mass is 32.2. The molecule has 0 saturated carbocycles. The standard InChI is InChI=1S/C19H20F2N2O4S/c1-12-10-23(11-13(2)27-12)28(25,26)16-5-3-4-14(8-16)19(24)22-15-6-7-17(20)18(21)9-15/h3-9,12-13H,10-11H2,1-2H3,(H,22,24)/t12-,13+. The monoisotopic (exact) mass is 410 g/mol. The number of anilines is 1. The van der Waals surface area contributed by atoms with Crippen molar-refractivity contribution in [1.82, 2.24) is 4.31 Å². The van der Waals surface area contributed by atoms with Crippen LogP contribution in [0.3, 0.4) is 0 Å². The number of hydrogen-bond donors (Lipinski definition) is 1. The summed E-state index contributed by atoms with van der Waals surface area (Å²) in [6.07, 6.45) is -0.475. The maximum atomic E-state index is 13.3. The molecule has 2 aromatic carbocycles. The molecule has 3 rings (SSSR count). The topological polar surface area (TPSA) is 75.7 Å². The number of morpholine rings is 1. The van der Waals surface area contributed by atoms with Crippen LogP contribution >= 0.6 is 0 Å². The van der Waals surface area contributed by atoms with E-state index in [-0.39, 0.29) is 41.4 Å². The minimum atomic E-state index is -3.81. The van der Waals surface area contributed by atoms with E-state index < -0.39 is 27.6 Å². The molecule has 1 N–H and O–H groups in total. The predicted molar refractivity (Wildman–Crippen MR) is 99.5 cm³/mol. The molecule has 0 radical (unpaired) electrons. The molecule has 2 atom stereocenters. The number of amides is 1. The molecule has 1 fully saturated rings. The van der Waals surface area contributed by atoms with Crippen LogP contribution in [0.5, 0.6) is 0 Å². The van der Waals surface area contributed by atoms with E-state index in [0.29, 0.717) is 0 Å². The normalized spacial score (nSPS) is 20.7. The molecular formula is C19H20F2N2O4S. The maximum Gasteiger partial charge on any atom is 0.255 e. The molecule has 0 unspecified atom stereocenters. The molecule has 1 aliphatic heterocycles.